The first-order valence-electron chi connectivity index (χ1n) is 13.8. The fourth-order valence-electron chi connectivity index (χ4n) is 7.06. The van der Waals surface area contributed by atoms with Crippen molar-refractivity contribution in [3.05, 3.63) is 47.7 Å². The summed E-state index contributed by atoms with van der Waals surface area (Å²) in [5.74, 6) is -1.60. The summed E-state index contributed by atoms with van der Waals surface area (Å²) in [6.45, 7) is 8.72. The van der Waals surface area contributed by atoms with Crippen LogP contribution in [0.3, 0.4) is 0 Å². The average Bonchev–Trinajstić information content (AvgIpc) is 3.17. The summed E-state index contributed by atoms with van der Waals surface area (Å²) in [6.07, 6.45) is 10.5. The maximum atomic E-state index is 13.6. The topological polar surface area (TPSA) is 99.8 Å². The van der Waals surface area contributed by atoms with Crippen LogP contribution >= 0.6 is 0 Å². The number of aromatic nitrogens is 1. The maximum absolute atomic E-state index is 13.6. The third kappa shape index (κ3) is 4.75. The zero-order valence-corrected chi connectivity index (χ0v) is 23.3. The molecule has 3 heterocycles. The van der Waals surface area contributed by atoms with Gasteiger partial charge in [-0.1, -0.05) is 38.3 Å². The highest BCUT2D eigenvalue weighted by Crippen LogP contribution is 2.63. The van der Waals surface area contributed by atoms with Gasteiger partial charge in [0.25, 0.3) is 5.91 Å². The van der Waals surface area contributed by atoms with Crippen LogP contribution < -0.4 is 0 Å². The lowest BCUT2D eigenvalue weighted by Crippen LogP contribution is -2.46. The van der Waals surface area contributed by atoms with Crippen LogP contribution in [0.1, 0.15) is 76.0 Å². The molecule has 2 N–H and O–H groups in total. The van der Waals surface area contributed by atoms with Gasteiger partial charge in [-0.05, 0) is 37.5 Å². The Morgan fingerprint density at radius 2 is 1.84 bits per heavy atom. The number of aliphatic carboxylic acids is 2. The minimum absolute atomic E-state index is 0.172. The monoisotopic (exact) mass is 524 g/mol. The quantitative estimate of drug-likeness (QED) is 0.216. The Labute approximate surface area is 225 Å². The van der Waals surface area contributed by atoms with Gasteiger partial charge < -0.3 is 19.7 Å². The maximum Gasteiger partial charge on any atom is 0.328 e. The largest absolute Gasteiger partial charge is 0.478 e. The molecule has 206 valence electrons. The van der Waals surface area contributed by atoms with Crippen molar-refractivity contribution >= 4 is 28.7 Å². The summed E-state index contributed by atoms with van der Waals surface area (Å²) in [5.41, 5.74) is 4.21. The molecule has 2 aromatic rings. The van der Waals surface area contributed by atoms with Gasteiger partial charge in [0.1, 0.15) is 12.6 Å². The van der Waals surface area contributed by atoms with Gasteiger partial charge in [-0.15, -0.1) is 0 Å². The molecule has 0 saturated carbocycles. The molecule has 1 aromatic carbocycles. The summed E-state index contributed by atoms with van der Waals surface area (Å²) >= 11 is 0. The van der Waals surface area contributed by atoms with Crippen molar-refractivity contribution in [3.8, 4) is 0 Å². The molecule has 1 aromatic heterocycles. The van der Waals surface area contributed by atoms with E-state index >= 15 is 0 Å². The van der Waals surface area contributed by atoms with E-state index in [-0.39, 0.29) is 5.54 Å². The Bertz CT molecular complexity index is 1250. The lowest BCUT2D eigenvalue weighted by Gasteiger charge is -2.31. The van der Waals surface area contributed by atoms with Crippen LogP contribution in [0.5, 0.6) is 0 Å². The molecule has 8 heteroatoms. The summed E-state index contributed by atoms with van der Waals surface area (Å²) in [5, 5.41) is 17.1. The molecule has 0 spiro atoms. The number of hydrogen-bond donors (Lipinski definition) is 2. The van der Waals surface area contributed by atoms with Gasteiger partial charge in [0.05, 0.1) is 7.05 Å². The van der Waals surface area contributed by atoms with Crippen LogP contribution in [-0.4, -0.2) is 80.8 Å². The van der Waals surface area contributed by atoms with Crippen LogP contribution in [0, 0.1) is 0 Å². The Kier molecular flexibility index (Phi) is 7.75. The molecular weight excluding hydrogens is 482 g/mol. The van der Waals surface area contributed by atoms with E-state index in [0.29, 0.717) is 36.1 Å². The summed E-state index contributed by atoms with van der Waals surface area (Å²) < 4.78 is 3.40. The number of carbonyl (C=O) groups is 3. The Morgan fingerprint density at radius 3 is 2.45 bits per heavy atom. The molecule has 4 atom stereocenters. The first-order valence-corrected chi connectivity index (χ1v) is 13.8. The number of unbranched alkanes of at least 4 members (excludes halogenated alkanes) is 3. The number of hydrogen-bond acceptors (Lipinski definition) is 3. The SMILES string of the molecule is CCCCCCN(C)C(=O)[C@@]12CC3c4cccc5c4c(cn5C(C)C)C[C@H]3[N+]1(C)C2.O=C(O)/C=C\C(=O)O. The van der Waals surface area contributed by atoms with Gasteiger partial charge in [0.2, 0.25) is 5.54 Å². The second kappa shape index (κ2) is 10.6. The summed E-state index contributed by atoms with van der Waals surface area (Å²) in [4.78, 5) is 34.8. The van der Waals surface area contributed by atoms with E-state index in [4.69, 9.17) is 10.2 Å². The molecule has 8 nitrogen and oxygen atoms in total. The molecule has 2 aliphatic heterocycles. The molecule has 1 aliphatic carbocycles. The Morgan fingerprint density at radius 1 is 1.16 bits per heavy atom. The summed E-state index contributed by atoms with van der Waals surface area (Å²) in [6, 6.07) is 7.87. The smallest absolute Gasteiger partial charge is 0.328 e. The molecule has 38 heavy (non-hydrogen) atoms. The van der Waals surface area contributed by atoms with Gasteiger partial charge in [-0.25, -0.2) is 9.59 Å². The molecular formula is C30H42N3O5+. The molecule has 0 radical (unpaired) electrons. The van der Waals surface area contributed by atoms with E-state index in [1.54, 1.807) is 0 Å². The van der Waals surface area contributed by atoms with E-state index in [1.165, 1.54) is 41.3 Å². The number of rotatable bonds is 9. The lowest BCUT2D eigenvalue weighted by atomic mass is 9.77. The molecule has 2 unspecified atom stereocenters. The number of piperidine rings is 1. The van der Waals surface area contributed by atoms with Crippen molar-refractivity contribution in [1.82, 2.24) is 9.47 Å². The van der Waals surface area contributed by atoms with Crippen LogP contribution in [0.15, 0.2) is 36.5 Å². The first kappa shape index (κ1) is 27.9. The van der Waals surface area contributed by atoms with Crippen molar-refractivity contribution in [2.24, 2.45) is 0 Å². The van der Waals surface area contributed by atoms with E-state index in [9.17, 15) is 14.4 Å². The number of quaternary nitrogens is 1. The van der Waals surface area contributed by atoms with Crippen LogP contribution in [-0.2, 0) is 20.8 Å². The van der Waals surface area contributed by atoms with Gasteiger partial charge >= 0.3 is 11.9 Å². The van der Waals surface area contributed by atoms with E-state index in [0.717, 1.165) is 36.8 Å². The molecule has 2 fully saturated rings. The molecule has 5 rings (SSSR count). The third-order valence-corrected chi connectivity index (χ3v) is 9.03. The molecule has 1 amide bonds. The summed E-state index contributed by atoms with van der Waals surface area (Å²) in [7, 11) is 4.40. The third-order valence-electron chi connectivity index (χ3n) is 9.03. The minimum Gasteiger partial charge on any atom is -0.478 e. The minimum atomic E-state index is -1.26. The number of carboxylic acids is 2. The average molecular weight is 525 g/mol. The van der Waals surface area contributed by atoms with Crippen molar-refractivity contribution in [2.75, 3.05) is 27.2 Å². The number of amides is 1. The number of benzene rings is 1. The van der Waals surface area contributed by atoms with Crippen molar-refractivity contribution in [3.63, 3.8) is 0 Å². The van der Waals surface area contributed by atoms with Crippen molar-refractivity contribution in [1.29, 1.82) is 0 Å². The zero-order valence-electron chi connectivity index (χ0n) is 23.3. The molecule has 2 saturated heterocycles. The Balaban J connectivity index is 0.000000368. The number of likely N-dealkylation sites (N-methyl/N-ethyl adjacent to an activating group) is 2. The number of carbonyl (C=O) groups excluding carboxylic acids is 1. The second-order valence-corrected chi connectivity index (χ2v) is 11.7. The number of carboxylic acid groups (broad SMARTS) is 2. The van der Waals surface area contributed by atoms with Gasteiger partial charge in [0.15, 0.2) is 0 Å². The highest BCUT2D eigenvalue weighted by Gasteiger charge is 2.81. The normalized spacial score (nSPS) is 26.6. The van der Waals surface area contributed by atoms with Gasteiger partial charge in [-0.2, -0.15) is 0 Å². The fraction of sp³-hybridized carbons (Fsp3) is 0.567. The molecule has 3 aliphatic rings. The van der Waals surface area contributed by atoms with Crippen molar-refractivity contribution in [2.45, 2.75) is 82.8 Å². The zero-order chi connectivity index (χ0) is 27.8. The van der Waals surface area contributed by atoms with E-state index in [1.807, 2.05) is 7.05 Å². The fourth-order valence-corrected chi connectivity index (χ4v) is 7.06. The predicted octanol–water partition coefficient (Wildman–Crippen LogP) is 4.58. The first-order chi connectivity index (χ1) is 18.0. The van der Waals surface area contributed by atoms with Crippen LogP contribution in [0.2, 0.25) is 0 Å². The van der Waals surface area contributed by atoms with E-state index < -0.39 is 11.9 Å². The standard InChI is InChI=1S/C26H38N3O.C4H4O4/c1-6-7-8-9-13-27(4)25(30)26-15-21-20-11-10-12-22-24(20)19(16-28(22)18(2)3)14-23(21)29(26,5)17-26;5-3(6)1-2-4(7)8/h10-12,16,18,21,23H,6-9,13-15,17H2,1-5H3;1-2H,(H,5,6)(H,7,8)/q+1;/b;2-1-/t21?,23-,26+,29?;/m1./s1. The predicted molar refractivity (Wildman–Crippen MR) is 147 cm³/mol. The molecule has 0 bridgehead atoms. The highest BCUT2D eigenvalue weighted by atomic mass is 16.4. The van der Waals surface area contributed by atoms with Gasteiger partial charge in [-0.3, -0.25) is 9.28 Å². The van der Waals surface area contributed by atoms with Gasteiger partial charge in [0, 0.05) is 67.6 Å². The number of fused-ring (bicyclic) bond motifs is 4. The highest BCUT2D eigenvalue weighted by molar-refractivity contribution is 5.92. The Hall–Kier alpha value is -3.13. The van der Waals surface area contributed by atoms with E-state index in [2.05, 4.69) is 61.7 Å². The second-order valence-electron chi connectivity index (χ2n) is 11.7. The van der Waals surface area contributed by atoms with Crippen LogP contribution in [0.25, 0.3) is 10.9 Å². The number of nitrogens with zero attached hydrogens (tertiary/aromatic N) is 3. The van der Waals surface area contributed by atoms with Crippen molar-refractivity contribution < 1.29 is 29.1 Å². The van der Waals surface area contributed by atoms with Crippen LogP contribution in [0.4, 0.5) is 0 Å². The lowest BCUT2D eigenvalue weighted by molar-refractivity contribution is -0.819.